The zero-order valence-electron chi connectivity index (χ0n) is 10.8. The molecule has 0 aliphatic heterocycles. The molecule has 0 atom stereocenters. The maximum Gasteiger partial charge on any atom is 0.246 e. The summed E-state index contributed by atoms with van der Waals surface area (Å²) in [4.78, 5) is 3.74. The summed E-state index contributed by atoms with van der Waals surface area (Å²) < 4.78 is 38.7. The molecule has 1 aromatic carbocycles. The molecule has 2 aromatic rings. The molecule has 0 aliphatic carbocycles. The number of rotatable bonds is 4. The Hall–Kier alpha value is -1.99. The first-order valence-electron chi connectivity index (χ1n) is 5.81. The van der Waals surface area contributed by atoms with Gasteiger partial charge in [-0.2, -0.15) is 4.31 Å². The van der Waals surface area contributed by atoms with E-state index in [9.17, 15) is 12.8 Å². The number of anilines is 1. The summed E-state index contributed by atoms with van der Waals surface area (Å²) >= 11 is 0. The standard InChI is InChI=1S/C13H14FN3O2S/c1-17(9-10-2-4-11(14)5-3-10)20(18,19)13-8-16-7-6-12(13)15/h2-8H,9H2,1H3,(H2,15,16). The van der Waals surface area contributed by atoms with Crippen molar-refractivity contribution < 1.29 is 12.8 Å². The molecular formula is C13H14FN3O2S. The molecule has 1 aromatic heterocycles. The maximum atomic E-state index is 12.8. The number of hydrogen-bond acceptors (Lipinski definition) is 4. The topological polar surface area (TPSA) is 76.3 Å². The summed E-state index contributed by atoms with van der Waals surface area (Å²) in [7, 11) is -2.29. The highest BCUT2D eigenvalue weighted by Gasteiger charge is 2.23. The van der Waals surface area contributed by atoms with E-state index in [0.717, 1.165) is 4.31 Å². The van der Waals surface area contributed by atoms with E-state index in [1.54, 1.807) is 0 Å². The molecule has 2 rings (SSSR count). The molecule has 0 radical (unpaired) electrons. The van der Waals surface area contributed by atoms with Gasteiger partial charge in [-0.15, -0.1) is 0 Å². The zero-order chi connectivity index (χ0) is 14.8. The van der Waals surface area contributed by atoms with Crippen LogP contribution in [0, 0.1) is 5.82 Å². The Bertz CT molecular complexity index is 702. The summed E-state index contributed by atoms with van der Waals surface area (Å²) in [5.74, 6) is -0.365. The normalized spacial score (nSPS) is 11.8. The third kappa shape index (κ3) is 2.94. The van der Waals surface area contributed by atoms with Crippen LogP contribution in [0.15, 0.2) is 47.6 Å². The first-order chi connectivity index (χ1) is 9.41. The Morgan fingerprint density at radius 2 is 1.90 bits per heavy atom. The maximum absolute atomic E-state index is 12.8. The third-order valence-corrected chi connectivity index (χ3v) is 4.67. The smallest absolute Gasteiger partial charge is 0.246 e. The Labute approximate surface area is 116 Å². The van der Waals surface area contributed by atoms with Gasteiger partial charge in [-0.1, -0.05) is 12.1 Å². The minimum atomic E-state index is -3.73. The van der Waals surface area contributed by atoms with Crippen LogP contribution in [-0.4, -0.2) is 24.8 Å². The van der Waals surface area contributed by atoms with Gasteiger partial charge in [0.05, 0.1) is 5.69 Å². The number of nitrogen functional groups attached to an aromatic ring is 1. The van der Waals surface area contributed by atoms with Crippen molar-refractivity contribution in [1.82, 2.24) is 9.29 Å². The second-order valence-corrected chi connectivity index (χ2v) is 6.31. The zero-order valence-corrected chi connectivity index (χ0v) is 11.6. The van der Waals surface area contributed by atoms with Crippen LogP contribution in [0.5, 0.6) is 0 Å². The first-order valence-corrected chi connectivity index (χ1v) is 7.25. The molecule has 0 unspecified atom stereocenters. The van der Waals surface area contributed by atoms with Crippen LogP contribution in [0.4, 0.5) is 10.1 Å². The van der Waals surface area contributed by atoms with Crippen LogP contribution < -0.4 is 5.73 Å². The quantitative estimate of drug-likeness (QED) is 0.930. The fourth-order valence-electron chi connectivity index (χ4n) is 1.71. The van der Waals surface area contributed by atoms with Crippen molar-refractivity contribution >= 4 is 15.7 Å². The highest BCUT2D eigenvalue weighted by atomic mass is 32.2. The summed E-state index contributed by atoms with van der Waals surface area (Å²) in [6.45, 7) is 0.122. The fraction of sp³-hybridized carbons (Fsp3) is 0.154. The predicted octanol–water partition coefficient (Wildman–Crippen LogP) is 1.62. The van der Waals surface area contributed by atoms with Gasteiger partial charge >= 0.3 is 0 Å². The minimum absolute atomic E-state index is 0.0374. The van der Waals surface area contributed by atoms with E-state index < -0.39 is 10.0 Å². The number of pyridine rings is 1. The van der Waals surface area contributed by atoms with Crippen molar-refractivity contribution in [1.29, 1.82) is 0 Å². The van der Waals surface area contributed by atoms with E-state index >= 15 is 0 Å². The van der Waals surface area contributed by atoms with Gasteiger partial charge in [0.15, 0.2) is 0 Å². The number of hydrogen-bond donors (Lipinski definition) is 1. The minimum Gasteiger partial charge on any atom is -0.398 e. The van der Waals surface area contributed by atoms with E-state index in [2.05, 4.69) is 4.98 Å². The Morgan fingerprint density at radius 3 is 2.50 bits per heavy atom. The van der Waals surface area contributed by atoms with Crippen LogP contribution in [0.2, 0.25) is 0 Å². The number of nitrogens with two attached hydrogens (primary N) is 1. The van der Waals surface area contributed by atoms with Crippen molar-refractivity contribution in [3.63, 3.8) is 0 Å². The predicted molar refractivity (Wildman–Crippen MR) is 73.7 cm³/mol. The van der Waals surface area contributed by atoms with E-state index in [1.807, 2.05) is 0 Å². The average molecular weight is 295 g/mol. The van der Waals surface area contributed by atoms with Gasteiger partial charge in [0.2, 0.25) is 10.0 Å². The highest BCUT2D eigenvalue weighted by Crippen LogP contribution is 2.21. The lowest BCUT2D eigenvalue weighted by Gasteiger charge is -2.18. The number of benzene rings is 1. The van der Waals surface area contributed by atoms with Crippen molar-refractivity contribution in [2.75, 3.05) is 12.8 Å². The second-order valence-electron chi connectivity index (χ2n) is 4.30. The molecule has 0 fully saturated rings. The molecule has 0 saturated heterocycles. The lowest BCUT2D eigenvalue weighted by Crippen LogP contribution is -2.27. The van der Waals surface area contributed by atoms with E-state index in [4.69, 9.17) is 5.73 Å². The molecule has 0 amide bonds. The van der Waals surface area contributed by atoms with Gasteiger partial charge in [-0.25, -0.2) is 12.8 Å². The van der Waals surface area contributed by atoms with E-state index in [1.165, 1.54) is 49.8 Å². The van der Waals surface area contributed by atoms with Gasteiger partial charge in [0.25, 0.3) is 0 Å². The van der Waals surface area contributed by atoms with Crippen LogP contribution >= 0.6 is 0 Å². The summed E-state index contributed by atoms with van der Waals surface area (Å²) in [5, 5.41) is 0. The van der Waals surface area contributed by atoms with E-state index in [0.29, 0.717) is 5.56 Å². The molecule has 20 heavy (non-hydrogen) atoms. The van der Waals surface area contributed by atoms with Crippen LogP contribution in [0.25, 0.3) is 0 Å². The number of sulfonamides is 1. The summed E-state index contributed by atoms with van der Waals surface area (Å²) in [6, 6.07) is 7.07. The molecule has 2 N–H and O–H groups in total. The molecule has 0 aliphatic rings. The lowest BCUT2D eigenvalue weighted by molar-refractivity contribution is 0.466. The van der Waals surface area contributed by atoms with Crippen molar-refractivity contribution in [3.05, 3.63) is 54.1 Å². The molecule has 106 valence electrons. The average Bonchev–Trinajstić information content (AvgIpc) is 2.41. The molecule has 0 saturated carbocycles. The molecule has 5 nitrogen and oxygen atoms in total. The fourth-order valence-corrected chi connectivity index (χ4v) is 2.92. The van der Waals surface area contributed by atoms with Gasteiger partial charge in [0.1, 0.15) is 10.7 Å². The molecule has 7 heteroatoms. The molecule has 1 heterocycles. The van der Waals surface area contributed by atoms with E-state index in [-0.39, 0.29) is 22.9 Å². The third-order valence-electron chi connectivity index (χ3n) is 2.82. The van der Waals surface area contributed by atoms with Gasteiger partial charge in [-0.05, 0) is 23.8 Å². The highest BCUT2D eigenvalue weighted by molar-refractivity contribution is 7.89. The van der Waals surface area contributed by atoms with Crippen molar-refractivity contribution in [3.8, 4) is 0 Å². The Balaban J connectivity index is 2.26. The van der Waals surface area contributed by atoms with Crippen molar-refractivity contribution in [2.45, 2.75) is 11.4 Å². The lowest BCUT2D eigenvalue weighted by atomic mass is 10.2. The van der Waals surface area contributed by atoms with Gasteiger partial charge < -0.3 is 5.73 Å². The number of halogens is 1. The van der Waals surface area contributed by atoms with Crippen LogP contribution in [0.3, 0.4) is 0 Å². The molecule has 0 spiro atoms. The second kappa shape index (κ2) is 5.56. The van der Waals surface area contributed by atoms with Crippen LogP contribution in [0.1, 0.15) is 5.56 Å². The first kappa shape index (κ1) is 14.4. The summed E-state index contributed by atoms with van der Waals surface area (Å²) in [5.41, 5.74) is 6.49. The Kier molecular flexibility index (Phi) is 4.01. The van der Waals surface area contributed by atoms with Gasteiger partial charge in [-0.3, -0.25) is 4.98 Å². The number of nitrogens with zero attached hydrogens (tertiary/aromatic N) is 2. The monoisotopic (exact) mass is 295 g/mol. The Morgan fingerprint density at radius 1 is 1.25 bits per heavy atom. The van der Waals surface area contributed by atoms with Gasteiger partial charge in [0, 0.05) is 26.0 Å². The van der Waals surface area contributed by atoms with Crippen LogP contribution in [-0.2, 0) is 16.6 Å². The largest absolute Gasteiger partial charge is 0.398 e. The SMILES string of the molecule is CN(Cc1ccc(F)cc1)S(=O)(=O)c1cnccc1N. The van der Waals surface area contributed by atoms with Crippen molar-refractivity contribution in [2.24, 2.45) is 0 Å². The molecule has 0 bridgehead atoms. The molecular weight excluding hydrogens is 281 g/mol. The summed E-state index contributed by atoms with van der Waals surface area (Å²) in [6.07, 6.45) is 2.64. The number of aromatic nitrogens is 1.